The van der Waals surface area contributed by atoms with Crippen LogP contribution in [0.5, 0.6) is 11.5 Å². The SMILES string of the molecule is Cc1cc(Oc2ccc(Br)cc2F)cc[n+]1[O-]. The van der Waals surface area contributed by atoms with Crippen LogP contribution >= 0.6 is 15.9 Å². The average molecular weight is 298 g/mol. The second kappa shape index (κ2) is 4.71. The van der Waals surface area contributed by atoms with Gasteiger partial charge in [0.1, 0.15) is 5.75 Å². The van der Waals surface area contributed by atoms with Crippen LogP contribution in [0.4, 0.5) is 4.39 Å². The number of pyridine rings is 1. The summed E-state index contributed by atoms with van der Waals surface area (Å²) in [6, 6.07) is 7.56. The Kier molecular flexibility index (Phi) is 3.28. The Labute approximate surface area is 106 Å². The maximum absolute atomic E-state index is 13.5. The molecule has 3 nitrogen and oxygen atoms in total. The molecule has 2 rings (SSSR count). The molecule has 0 saturated heterocycles. The van der Waals surface area contributed by atoms with Gasteiger partial charge in [0.2, 0.25) is 0 Å². The van der Waals surface area contributed by atoms with Crippen LogP contribution in [0.1, 0.15) is 5.69 Å². The first kappa shape index (κ1) is 11.9. The van der Waals surface area contributed by atoms with Crippen LogP contribution in [-0.4, -0.2) is 0 Å². The summed E-state index contributed by atoms with van der Waals surface area (Å²) in [4.78, 5) is 0. The maximum atomic E-state index is 13.5. The first-order valence-corrected chi connectivity index (χ1v) is 5.68. The summed E-state index contributed by atoms with van der Waals surface area (Å²) in [5, 5.41) is 11.1. The van der Waals surface area contributed by atoms with E-state index in [1.807, 2.05) is 0 Å². The smallest absolute Gasteiger partial charge is 0.193 e. The highest BCUT2D eigenvalue weighted by Crippen LogP contribution is 2.26. The first-order chi connectivity index (χ1) is 8.06. The van der Waals surface area contributed by atoms with Gasteiger partial charge in [-0.1, -0.05) is 15.9 Å². The van der Waals surface area contributed by atoms with Gasteiger partial charge in [0.05, 0.1) is 0 Å². The molecule has 0 unspecified atom stereocenters. The number of ether oxygens (including phenoxy) is 1. The van der Waals surface area contributed by atoms with Crippen molar-refractivity contribution in [3.05, 3.63) is 57.7 Å². The molecule has 1 aromatic carbocycles. The number of nitrogens with zero attached hydrogens (tertiary/aromatic N) is 1. The third kappa shape index (κ3) is 2.74. The topological polar surface area (TPSA) is 36.2 Å². The van der Waals surface area contributed by atoms with Gasteiger partial charge in [-0.3, -0.25) is 0 Å². The Balaban J connectivity index is 2.28. The van der Waals surface area contributed by atoms with Crippen molar-refractivity contribution in [2.24, 2.45) is 0 Å². The highest BCUT2D eigenvalue weighted by Gasteiger charge is 2.07. The van der Waals surface area contributed by atoms with Gasteiger partial charge in [-0.05, 0) is 18.2 Å². The van der Waals surface area contributed by atoms with Crippen LogP contribution in [0, 0.1) is 17.9 Å². The lowest BCUT2D eigenvalue weighted by Crippen LogP contribution is -2.28. The molecule has 5 heteroatoms. The molecule has 17 heavy (non-hydrogen) atoms. The molecule has 0 saturated carbocycles. The van der Waals surface area contributed by atoms with Gasteiger partial charge < -0.3 is 9.94 Å². The monoisotopic (exact) mass is 297 g/mol. The molecule has 2 aromatic rings. The van der Waals surface area contributed by atoms with Crippen molar-refractivity contribution in [3.63, 3.8) is 0 Å². The minimum Gasteiger partial charge on any atom is -0.619 e. The van der Waals surface area contributed by atoms with E-state index in [9.17, 15) is 9.60 Å². The predicted molar refractivity (Wildman–Crippen MR) is 64.3 cm³/mol. The van der Waals surface area contributed by atoms with E-state index in [1.165, 1.54) is 24.4 Å². The van der Waals surface area contributed by atoms with E-state index in [0.29, 0.717) is 20.6 Å². The number of hydrogen-bond acceptors (Lipinski definition) is 2. The molecule has 0 aliphatic carbocycles. The Hall–Kier alpha value is -1.62. The Morgan fingerprint density at radius 2 is 2.06 bits per heavy atom. The zero-order valence-corrected chi connectivity index (χ0v) is 10.6. The zero-order chi connectivity index (χ0) is 12.4. The fourth-order valence-electron chi connectivity index (χ4n) is 1.32. The van der Waals surface area contributed by atoms with Gasteiger partial charge in [-0.15, -0.1) is 0 Å². The summed E-state index contributed by atoms with van der Waals surface area (Å²) in [5.74, 6) is 0.0861. The first-order valence-electron chi connectivity index (χ1n) is 4.89. The van der Waals surface area contributed by atoms with E-state index < -0.39 is 5.82 Å². The van der Waals surface area contributed by atoms with Crippen LogP contribution < -0.4 is 9.47 Å². The quantitative estimate of drug-likeness (QED) is 0.630. The molecule has 1 heterocycles. The van der Waals surface area contributed by atoms with E-state index in [-0.39, 0.29) is 5.75 Å². The summed E-state index contributed by atoms with van der Waals surface area (Å²) in [6.45, 7) is 1.65. The Bertz CT molecular complexity index is 560. The fraction of sp³-hybridized carbons (Fsp3) is 0.0833. The van der Waals surface area contributed by atoms with Crippen LogP contribution in [0.15, 0.2) is 41.0 Å². The minimum absolute atomic E-state index is 0.122. The summed E-state index contributed by atoms with van der Waals surface area (Å²) in [5.41, 5.74) is 0.486. The molecule has 0 N–H and O–H groups in total. The van der Waals surface area contributed by atoms with Gasteiger partial charge in [0.15, 0.2) is 23.5 Å². The van der Waals surface area contributed by atoms with Gasteiger partial charge in [-0.2, -0.15) is 4.73 Å². The highest BCUT2D eigenvalue weighted by molar-refractivity contribution is 9.10. The summed E-state index contributed by atoms with van der Waals surface area (Å²) >= 11 is 3.16. The largest absolute Gasteiger partial charge is 0.619 e. The molecule has 0 radical (unpaired) electrons. The van der Waals surface area contributed by atoms with Crippen LogP contribution in [-0.2, 0) is 0 Å². The third-order valence-corrected chi connectivity index (χ3v) is 2.69. The van der Waals surface area contributed by atoms with E-state index in [2.05, 4.69) is 15.9 Å². The van der Waals surface area contributed by atoms with Crippen LogP contribution in [0.3, 0.4) is 0 Å². The highest BCUT2D eigenvalue weighted by atomic mass is 79.9. The van der Waals surface area contributed by atoms with Crippen molar-refractivity contribution in [2.75, 3.05) is 0 Å². The number of aromatic nitrogens is 1. The molecule has 0 atom stereocenters. The number of benzene rings is 1. The van der Waals surface area contributed by atoms with Crippen molar-refractivity contribution in [1.29, 1.82) is 0 Å². The second-order valence-corrected chi connectivity index (χ2v) is 4.42. The molecule has 0 aliphatic heterocycles. The molecule has 88 valence electrons. The number of aryl methyl sites for hydroxylation is 1. The molecular weight excluding hydrogens is 289 g/mol. The lowest BCUT2D eigenvalue weighted by atomic mass is 10.3. The fourth-order valence-corrected chi connectivity index (χ4v) is 1.66. The predicted octanol–water partition coefficient (Wildman–Crippen LogP) is 3.32. The Morgan fingerprint density at radius 1 is 1.29 bits per heavy atom. The van der Waals surface area contributed by atoms with Crippen molar-refractivity contribution < 1.29 is 13.9 Å². The van der Waals surface area contributed by atoms with Crippen LogP contribution in [0.2, 0.25) is 0 Å². The molecule has 0 amide bonds. The van der Waals surface area contributed by atoms with Gasteiger partial charge in [0, 0.05) is 23.5 Å². The number of halogens is 2. The number of rotatable bonds is 2. The summed E-state index contributed by atoms with van der Waals surface area (Å²) in [6.07, 6.45) is 1.32. The normalized spacial score (nSPS) is 10.3. The Morgan fingerprint density at radius 3 is 2.71 bits per heavy atom. The van der Waals surface area contributed by atoms with Crippen molar-refractivity contribution in [1.82, 2.24) is 0 Å². The minimum atomic E-state index is -0.462. The van der Waals surface area contributed by atoms with E-state index in [1.54, 1.807) is 19.1 Å². The summed E-state index contributed by atoms with van der Waals surface area (Å²) < 4.78 is 20.2. The molecule has 1 aromatic heterocycles. The van der Waals surface area contributed by atoms with Crippen LogP contribution in [0.25, 0.3) is 0 Å². The zero-order valence-electron chi connectivity index (χ0n) is 8.98. The van der Waals surface area contributed by atoms with Crippen molar-refractivity contribution in [3.8, 4) is 11.5 Å². The molecule has 0 bridgehead atoms. The average Bonchev–Trinajstić information content (AvgIpc) is 2.27. The van der Waals surface area contributed by atoms with Crippen molar-refractivity contribution >= 4 is 15.9 Å². The van der Waals surface area contributed by atoms with Gasteiger partial charge in [-0.25, -0.2) is 4.39 Å². The molecule has 0 spiro atoms. The maximum Gasteiger partial charge on any atom is 0.193 e. The lowest BCUT2D eigenvalue weighted by Gasteiger charge is -2.07. The van der Waals surface area contributed by atoms with E-state index in [4.69, 9.17) is 4.74 Å². The lowest BCUT2D eigenvalue weighted by molar-refractivity contribution is -0.612. The summed E-state index contributed by atoms with van der Waals surface area (Å²) in [7, 11) is 0. The van der Waals surface area contributed by atoms with E-state index in [0.717, 1.165) is 0 Å². The van der Waals surface area contributed by atoms with Gasteiger partial charge in [0.25, 0.3) is 0 Å². The second-order valence-electron chi connectivity index (χ2n) is 3.51. The molecule has 0 aliphatic rings. The molecular formula is C12H9BrFNO2. The third-order valence-electron chi connectivity index (χ3n) is 2.19. The van der Waals surface area contributed by atoms with E-state index >= 15 is 0 Å². The number of hydrogen-bond donors (Lipinski definition) is 0. The van der Waals surface area contributed by atoms with Gasteiger partial charge >= 0.3 is 0 Å². The standard InChI is InChI=1S/C12H9BrFNO2/c1-8-6-10(4-5-15(8)16)17-12-3-2-9(13)7-11(12)14/h2-7H,1H3. The molecule has 0 fully saturated rings. The van der Waals surface area contributed by atoms with Crippen molar-refractivity contribution in [2.45, 2.75) is 6.92 Å².